The van der Waals surface area contributed by atoms with Crippen molar-refractivity contribution in [3.8, 4) is 0 Å². The molecular weight excluding hydrogens is 272 g/mol. The van der Waals surface area contributed by atoms with Crippen LogP contribution in [0.3, 0.4) is 0 Å². The van der Waals surface area contributed by atoms with Crippen molar-refractivity contribution in [2.24, 2.45) is 0 Å². The summed E-state index contributed by atoms with van der Waals surface area (Å²) < 4.78 is 0. The molecule has 22 heavy (non-hydrogen) atoms. The minimum atomic E-state index is 0.0716. The molecule has 2 aromatic rings. The Morgan fingerprint density at radius 2 is 1.45 bits per heavy atom. The number of nitrogens with zero attached hydrogens (tertiary/aromatic N) is 2. The molecule has 0 N–H and O–H groups in total. The lowest BCUT2D eigenvalue weighted by Gasteiger charge is -2.35. The summed E-state index contributed by atoms with van der Waals surface area (Å²) in [5.41, 5.74) is 2.50. The monoisotopic (exact) mass is 294 g/mol. The van der Waals surface area contributed by atoms with Crippen LogP contribution in [-0.2, 0) is 4.79 Å². The van der Waals surface area contributed by atoms with Gasteiger partial charge in [-0.05, 0) is 18.2 Å². The fraction of sp³-hybridized carbons (Fsp3) is 0.316. The normalized spacial score (nSPS) is 18.9. The second-order valence-corrected chi connectivity index (χ2v) is 5.91. The van der Waals surface area contributed by atoms with E-state index in [0.29, 0.717) is 0 Å². The molecule has 0 aromatic heterocycles. The predicted octanol–water partition coefficient (Wildman–Crippen LogP) is 2.94. The summed E-state index contributed by atoms with van der Waals surface area (Å²) in [6.07, 6.45) is 0.0716. The van der Waals surface area contributed by atoms with Crippen molar-refractivity contribution >= 4 is 5.91 Å². The maximum atomic E-state index is 12.1. The highest BCUT2D eigenvalue weighted by atomic mass is 16.2. The van der Waals surface area contributed by atoms with E-state index in [1.807, 2.05) is 17.0 Å². The van der Waals surface area contributed by atoms with Gasteiger partial charge in [0.1, 0.15) is 0 Å². The molecule has 0 bridgehead atoms. The molecule has 1 fully saturated rings. The van der Waals surface area contributed by atoms with Crippen LogP contribution in [0.2, 0.25) is 0 Å². The van der Waals surface area contributed by atoms with Gasteiger partial charge in [0.25, 0.3) is 0 Å². The Morgan fingerprint density at radius 3 is 1.91 bits per heavy atom. The van der Waals surface area contributed by atoms with Gasteiger partial charge in [-0.25, -0.2) is 0 Å². The lowest BCUT2D eigenvalue weighted by atomic mass is 9.88. The first-order chi connectivity index (χ1) is 10.7. The molecular formula is C19H22N2O. The van der Waals surface area contributed by atoms with Crippen LogP contribution in [0.25, 0.3) is 0 Å². The number of carbonyl (C=O) groups is 1. The van der Waals surface area contributed by atoms with Crippen LogP contribution in [0.1, 0.15) is 24.0 Å². The molecule has 114 valence electrons. The smallest absolute Gasteiger partial charge is 0.220 e. The molecule has 3 nitrogen and oxygen atoms in total. The number of likely N-dealkylation sites (N-methyl/N-ethyl adjacent to an activating group) is 1. The molecule has 0 saturated carbocycles. The van der Waals surface area contributed by atoms with Gasteiger partial charge in [-0.3, -0.25) is 9.69 Å². The van der Waals surface area contributed by atoms with Crippen molar-refractivity contribution in [2.75, 3.05) is 20.1 Å². The van der Waals surface area contributed by atoms with Crippen LogP contribution in [0.4, 0.5) is 0 Å². The van der Waals surface area contributed by atoms with Crippen LogP contribution in [0.15, 0.2) is 60.7 Å². The van der Waals surface area contributed by atoms with E-state index in [1.54, 1.807) is 6.92 Å². The summed E-state index contributed by atoms with van der Waals surface area (Å²) >= 11 is 0. The second-order valence-electron chi connectivity index (χ2n) is 5.91. The fourth-order valence-electron chi connectivity index (χ4n) is 3.40. The van der Waals surface area contributed by atoms with E-state index in [2.05, 4.69) is 60.5 Å². The number of hydrogen-bond acceptors (Lipinski definition) is 2. The van der Waals surface area contributed by atoms with Gasteiger partial charge in [0.05, 0.1) is 6.17 Å². The topological polar surface area (TPSA) is 23.6 Å². The van der Waals surface area contributed by atoms with E-state index >= 15 is 0 Å². The predicted molar refractivity (Wildman–Crippen MR) is 88.5 cm³/mol. The number of rotatable bonds is 3. The first-order valence-electron chi connectivity index (χ1n) is 7.76. The molecule has 3 rings (SSSR count). The highest BCUT2D eigenvalue weighted by molar-refractivity contribution is 5.74. The van der Waals surface area contributed by atoms with E-state index in [9.17, 15) is 4.79 Å². The summed E-state index contributed by atoms with van der Waals surface area (Å²) in [6.45, 7) is 3.38. The molecule has 1 unspecified atom stereocenters. The van der Waals surface area contributed by atoms with Crippen molar-refractivity contribution in [3.05, 3.63) is 71.8 Å². The van der Waals surface area contributed by atoms with Gasteiger partial charge < -0.3 is 4.90 Å². The Kier molecular flexibility index (Phi) is 4.25. The zero-order valence-electron chi connectivity index (χ0n) is 13.1. The third kappa shape index (κ3) is 2.77. The van der Waals surface area contributed by atoms with Gasteiger partial charge in [-0.1, -0.05) is 60.7 Å². The Hall–Kier alpha value is -2.13. The fourth-order valence-corrected chi connectivity index (χ4v) is 3.40. The Morgan fingerprint density at radius 1 is 0.955 bits per heavy atom. The van der Waals surface area contributed by atoms with Crippen molar-refractivity contribution in [3.63, 3.8) is 0 Å². The Balaban J connectivity index is 2.07. The van der Waals surface area contributed by atoms with E-state index in [4.69, 9.17) is 0 Å². The zero-order valence-corrected chi connectivity index (χ0v) is 13.1. The van der Waals surface area contributed by atoms with Crippen LogP contribution in [0.5, 0.6) is 0 Å². The summed E-state index contributed by atoms with van der Waals surface area (Å²) in [5, 5.41) is 0. The summed E-state index contributed by atoms with van der Waals surface area (Å²) in [5.74, 6) is 0.310. The Labute approximate surface area is 132 Å². The quantitative estimate of drug-likeness (QED) is 0.869. The largest absolute Gasteiger partial charge is 0.325 e. The first-order valence-corrected chi connectivity index (χ1v) is 7.76. The molecule has 0 aliphatic carbocycles. The summed E-state index contributed by atoms with van der Waals surface area (Å²) in [4.78, 5) is 16.3. The molecule has 2 aromatic carbocycles. The third-order valence-corrected chi connectivity index (χ3v) is 4.48. The maximum Gasteiger partial charge on any atom is 0.220 e. The molecule has 1 atom stereocenters. The zero-order chi connectivity index (χ0) is 15.5. The van der Waals surface area contributed by atoms with Gasteiger partial charge >= 0.3 is 0 Å². The minimum Gasteiger partial charge on any atom is -0.325 e. The molecule has 1 saturated heterocycles. The molecule has 1 aliphatic rings. The van der Waals surface area contributed by atoms with Gasteiger partial charge in [0, 0.05) is 25.9 Å². The number of benzene rings is 2. The van der Waals surface area contributed by atoms with Crippen molar-refractivity contribution in [1.82, 2.24) is 9.80 Å². The third-order valence-electron chi connectivity index (χ3n) is 4.48. The molecule has 0 radical (unpaired) electrons. The van der Waals surface area contributed by atoms with E-state index in [-0.39, 0.29) is 18.0 Å². The average molecular weight is 294 g/mol. The molecule has 1 aliphatic heterocycles. The molecule has 1 amide bonds. The number of hydrogen-bond donors (Lipinski definition) is 0. The standard InChI is InChI=1S/C19H22N2O/c1-15(22)21-14-13-20(2)19(21)18(16-9-5-3-6-10-16)17-11-7-4-8-12-17/h3-12,18-19H,13-14H2,1-2H3. The number of carbonyl (C=O) groups excluding carboxylic acids is 1. The maximum absolute atomic E-state index is 12.1. The van der Waals surface area contributed by atoms with Gasteiger partial charge in [0.15, 0.2) is 0 Å². The lowest BCUT2D eigenvalue weighted by Crippen LogP contribution is -2.44. The van der Waals surface area contributed by atoms with Gasteiger partial charge in [-0.2, -0.15) is 0 Å². The SMILES string of the molecule is CC(=O)N1CCN(C)C1C(c1ccccc1)c1ccccc1. The number of amides is 1. The minimum absolute atomic E-state index is 0.0716. The van der Waals surface area contributed by atoms with E-state index in [0.717, 1.165) is 13.1 Å². The van der Waals surface area contributed by atoms with Crippen LogP contribution in [-0.4, -0.2) is 42.0 Å². The van der Waals surface area contributed by atoms with Crippen LogP contribution >= 0.6 is 0 Å². The molecule has 1 heterocycles. The van der Waals surface area contributed by atoms with Crippen LogP contribution < -0.4 is 0 Å². The summed E-state index contributed by atoms with van der Waals surface area (Å²) in [7, 11) is 2.10. The van der Waals surface area contributed by atoms with E-state index in [1.165, 1.54) is 11.1 Å². The van der Waals surface area contributed by atoms with Crippen LogP contribution in [0, 0.1) is 0 Å². The van der Waals surface area contributed by atoms with Crippen molar-refractivity contribution in [2.45, 2.75) is 19.0 Å². The average Bonchev–Trinajstić information content (AvgIpc) is 2.92. The summed E-state index contributed by atoms with van der Waals surface area (Å²) in [6, 6.07) is 21.0. The van der Waals surface area contributed by atoms with Gasteiger partial charge in [0.2, 0.25) is 5.91 Å². The highest BCUT2D eigenvalue weighted by Crippen LogP contribution is 2.34. The highest BCUT2D eigenvalue weighted by Gasteiger charge is 2.38. The molecule has 0 spiro atoms. The second kappa shape index (κ2) is 6.32. The lowest BCUT2D eigenvalue weighted by molar-refractivity contribution is -0.131. The van der Waals surface area contributed by atoms with Crippen molar-refractivity contribution in [1.29, 1.82) is 0 Å². The first kappa shape index (κ1) is 14.8. The van der Waals surface area contributed by atoms with Crippen molar-refractivity contribution < 1.29 is 4.79 Å². The Bertz CT molecular complexity index is 587. The van der Waals surface area contributed by atoms with E-state index < -0.39 is 0 Å². The van der Waals surface area contributed by atoms with Gasteiger partial charge in [-0.15, -0.1) is 0 Å². The molecule has 3 heteroatoms.